The first-order valence-corrected chi connectivity index (χ1v) is 5.28. The second kappa shape index (κ2) is 6.39. The molecule has 0 bridgehead atoms. The number of nitrogens with one attached hydrogen (secondary N) is 1. The average molecular weight is 189 g/mol. The monoisotopic (exact) mass is 189 g/mol. The van der Waals surface area contributed by atoms with E-state index in [4.69, 9.17) is 0 Å². The van der Waals surface area contributed by atoms with Gasteiger partial charge in [0.1, 0.15) is 0 Å². The Morgan fingerprint density at radius 1 is 1.29 bits per heavy atom. The topological polar surface area (TPSA) is 12.0 Å². The molecule has 0 saturated heterocycles. The summed E-state index contributed by atoms with van der Waals surface area (Å²) in [6.45, 7) is 5.35. The smallest absolute Gasteiger partial charge is 0.0140 e. The fraction of sp³-hybridized carbons (Fsp3) is 0.385. The molecule has 0 heterocycles. The molecule has 14 heavy (non-hydrogen) atoms. The summed E-state index contributed by atoms with van der Waals surface area (Å²) in [5.74, 6) is 0. The Morgan fingerprint density at radius 2 is 2.00 bits per heavy atom. The molecule has 1 atom stereocenters. The van der Waals surface area contributed by atoms with Crippen LogP contribution < -0.4 is 5.32 Å². The predicted octanol–water partition coefficient (Wildman–Crippen LogP) is 3.09. The summed E-state index contributed by atoms with van der Waals surface area (Å²) in [4.78, 5) is 0. The van der Waals surface area contributed by atoms with Crippen molar-refractivity contribution in [3.8, 4) is 0 Å². The zero-order valence-corrected chi connectivity index (χ0v) is 9.03. The number of rotatable bonds is 5. The van der Waals surface area contributed by atoms with Crippen molar-refractivity contribution >= 4 is 6.08 Å². The van der Waals surface area contributed by atoms with Gasteiger partial charge in [-0.2, -0.15) is 0 Å². The third-order valence-electron chi connectivity index (χ3n) is 2.31. The summed E-state index contributed by atoms with van der Waals surface area (Å²) in [6.07, 6.45) is 5.50. The molecule has 1 nitrogen and oxygen atoms in total. The third-order valence-corrected chi connectivity index (χ3v) is 2.31. The Kier molecular flexibility index (Phi) is 5.02. The van der Waals surface area contributed by atoms with Gasteiger partial charge in [0.25, 0.3) is 0 Å². The van der Waals surface area contributed by atoms with Crippen LogP contribution in [0.3, 0.4) is 0 Å². The van der Waals surface area contributed by atoms with Crippen molar-refractivity contribution in [2.45, 2.75) is 26.3 Å². The van der Waals surface area contributed by atoms with Gasteiger partial charge >= 0.3 is 0 Å². The molecule has 0 aliphatic rings. The highest BCUT2D eigenvalue weighted by atomic mass is 14.9. The highest BCUT2D eigenvalue weighted by Gasteiger charge is 1.92. The molecule has 0 spiro atoms. The third kappa shape index (κ3) is 4.24. The van der Waals surface area contributed by atoms with Gasteiger partial charge in [0.15, 0.2) is 0 Å². The molecule has 1 rings (SSSR count). The zero-order chi connectivity index (χ0) is 10.2. The molecular weight excluding hydrogens is 170 g/mol. The highest BCUT2D eigenvalue weighted by molar-refractivity contribution is 5.48. The van der Waals surface area contributed by atoms with Gasteiger partial charge in [-0.05, 0) is 18.9 Å². The number of hydrogen-bond donors (Lipinski definition) is 1. The molecule has 0 saturated carbocycles. The van der Waals surface area contributed by atoms with Crippen LogP contribution in [0.1, 0.15) is 25.8 Å². The number of hydrogen-bond acceptors (Lipinski definition) is 1. The lowest BCUT2D eigenvalue weighted by molar-refractivity contribution is 0.568. The van der Waals surface area contributed by atoms with E-state index in [0.29, 0.717) is 6.04 Å². The first-order valence-electron chi connectivity index (χ1n) is 5.28. The van der Waals surface area contributed by atoms with Crippen LogP contribution in [0, 0.1) is 0 Å². The summed E-state index contributed by atoms with van der Waals surface area (Å²) < 4.78 is 0. The minimum absolute atomic E-state index is 0.607. The number of benzene rings is 1. The molecule has 0 aliphatic carbocycles. The van der Waals surface area contributed by atoms with E-state index < -0.39 is 0 Å². The van der Waals surface area contributed by atoms with E-state index in [9.17, 15) is 0 Å². The normalized spacial score (nSPS) is 13.3. The van der Waals surface area contributed by atoms with Crippen LogP contribution in [0.2, 0.25) is 0 Å². The lowest BCUT2D eigenvalue weighted by Crippen LogP contribution is -2.24. The highest BCUT2D eigenvalue weighted by Crippen LogP contribution is 2.00. The van der Waals surface area contributed by atoms with E-state index in [2.05, 4.69) is 55.6 Å². The first-order chi connectivity index (χ1) is 6.83. The summed E-state index contributed by atoms with van der Waals surface area (Å²) in [7, 11) is 0. The van der Waals surface area contributed by atoms with E-state index in [1.54, 1.807) is 0 Å². The second-order valence-electron chi connectivity index (χ2n) is 3.53. The maximum absolute atomic E-state index is 3.42. The molecule has 1 N–H and O–H groups in total. The largest absolute Gasteiger partial charge is 0.311 e. The first kappa shape index (κ1) is 11.0. The van der Waals surface area contributed by atoms with E-state index >= 15 is 0 Å². The quantitative estimate of drug-likeness (QED) is 0.750. The van der Waals surface area contributed by atoms with Gasteiger partial charge in [0.2, 0.25) is 0 Å². The van der Waals surface area contributed by atoms with Gasteiger partial charge in [-0.25, -0.2) is 0 Å². The Hall–Kier alpha value is -1.08. The summed E-state index contributed by atoms with van der Waals surface area (Å²) in [5.41, 5.74) is 1.26. The molecule has 0 radical (unpaired) electrons. The fourth-order valence-electron chi connectivity index (χ4n) is 1.17. The Labute approximate surface area is 86.8 Å². The van der Waals surface area contributed by atoms with Crippen molar-refractivity contribution in [1.82, 2.24) is 5.32 Å². The van der Waals surface area contributed by atoms with Crippen molar-refractivity contribution in [1.29, 1.82) is 0 Å². The molecule has 1 aromatic carbocycles. The minimum Gasteiger partial charge on any atom is -0.311 e. The molecule has 1 heteroatoms. The SMILES string of the molecule is CCC(C)NCC=Cc1ccccc1. The average Bonchev–Trinajstić information content (AvgIpc) is 2.25. The van der Waals surface area contributed by atoms with Crippen LogP contribution >= 0.6 is 0 Å². The van der Waals surface area contributed by atoms with Gasteiger partial charge in [-0.3, -0.25) is 0 Å². The van der Waals surface area contributed by atoms with Crippen molar-refractivity contribution in [2.75, 3.05) is 6.54 Å². The summed E-state index contributed by atoms with van der Waals surface area (Å²) >= 11 is 0. The lowest BCUT2D eigenvalue weighted by atomic mass is 10.2. The molecule has 0 aliphatic heterocycles. The van der Waals surface area contributed by atoms with Crippen LogP contribution in [0.15, 0.2) is 36.4 Å². The standard InChI is InChI=1S/C13H19N/c1-3-12(2)14-11-7-10-13-8-5-4-6-9-13/h4-10,12,14H,3,11H2,1-2H3. The van der Waals surface area contributed by atoms with E-state index in [-0.39, 0.29) is 0 Å². The van der Waals surface area contributed by atoms with Gasteiger partial charge in [-0.15, -0.1) is 0 Å². The molecule has 1 unspecified atom stereocenters. The molecule has 1 aromatic rings. The van der Waals surface area contributed by atoms with Gasteiger partial charge in [-0.1, -0.05) is 49.4 Å². The van der Waals surface area contributed by atoms with Gasteiger partial charge in [0, 0.05) is 12.6 Å². The molecule has 0 fully saturated rings. The maximum Gasteiger partial charge on any atom is 0.0140 e. The summed E-state index contributed by atoms with van der Waals surface area (Å²) in [6, 6.07) is 11.0. The predicted molar refractivity (Wildman–Crippen MR) is 63.2 cm³/mol. The minimum atomic E-state index is 0.607. The summed E-state index contributed by atoms with van der Waals surface area (Å²) in [5, 5.41) is 3.42. The van der Waals surface area contributed by atoms with Crippen LogP contribution in [-0.4, -0.2) is 12.6 Å². The fourth-order valence-corrected chi connectivity index (χ4v) is 1.17. The van der Waals surface area contributed by atoms with Crippen LogP contribution in [-0.2, 0) is 0 Å². The Morgan fingerprint density at radius 3 is 2.64 bits per heavy atom. The van der Waals surface area contributed by atoms with Crippen molar-refractivity contribution < 1.29 is 0 Å². The molecule has 0 aromatic heterocycles. The molecule has 76 valence electrons. The van der Waals surface area contributed by atoms with Crippen molar-refractivity contribution in [2.24, 2.45) is 0 Å². The second-order valence-corrected chi connectivity index (χ2v) is 3.53. The van der Waals surface area contributed by atoms with Crippen molar-refractivity contribution in [3.05, 3.63) is 42.0 Å². The van der Waals surface area contributed by atoms with E-state index in [0.717, 1.165) is 6.54 Å². The van der Waals surface area contributed by atoms with Crippen LogP contribution in [0.25, 0.3) is 6.08 Å². The molecule has 0 amide bonds. The zero-order valence-electron chi connectivity index (χ0n) is 9.03. The van der Waals surface area contributed by atoms with E-state index in [1.165, 1.54) is 12.0 Å². The van der Waals surface area contributed by atoms with Crippen LogP contribution in [0.5, 0.6) is 0 Å². The van der Waals surface area contributed by atoms with Crippen LogP contribution in [0.4, 0.5) is 0 Å². The maximum atomic E-state index is 3.42. The Bertz CT molecular complexity index is 264. The van der Waals surface area contributed by atoms with Crippen molar-refractivity contribution in [3.63, 3.8) is 0 Å². The van der Waals surface area contributed by atoms with Gasteiger partial charge in [0.05, 0.1) is 0 Å². The Balaban J connectivity index is 2.28. The lowest BCUT2D eigenvalue weighted by Gasteiger charge is -2.07. The molecular formula is C13H19N. The van der Waals surface area contributed by atoms with Gasteiger partial charge < -0.3 is 5.32 Å². The van der Waals surface area contributed by atoms with E-state index in [1.807, 2.05) is 6.07 Å².